The molecule has 0 spiro atoms. The van der Waals surface area contributed by atoms with Crippen LogP contribution in [-0.4, -0.2) is 44.6 Å². The van der Waals surface area contributed by atoms with Crippen LogP contribution in [0.4, 0.5) is 5.69 Å². The lowest BCUT2D eigenvalue weighted by Crippen LogP contribution is -2.41. The van der Waals surface area contributed by atoms with Crippen LogP contribution in [0.2, 0.25) is 0 Å². The third-order valence-electron chi connectivity index (χ3n) is 4.50. The van der Waals surface area contributed by atoms with Gasteiger partial charge in [-0.25, -0.2) is 9.67 Å². The second-order valence-electron chi connectivity index (χ2n) is 6.47. The molecular formula is C19H23N5O2. The molecule has 0 saturated carbocycles. The number of benzene rings is 1. The SMILES string of the molecule is C=CC(=O)Nc1cccc(C(=O)N2CCCC(n3nc(C)nc3C)C2)c1. The number of anilines is 1. The first-order valence-electron chi connectivity index (χ1n) is 8.70. The maximum atomic E-state index is 12.9. The zero-order valence-corrected chi connectivity index (χ0v) is 15.1. The lowest BCUT2D eigenvalue weighted by Gasteiger charge is -2.33. The molecule has 1 aromatic heterocycles. The van der Waals surface area contributed by atoms with E-state index in [-0.39, 0.29) is 17.9 Å². The third-order valence-corrected chi connectivity index (χ3v) is 4.50. The highest BCUT2D eigenvalue weighted by Gasteiger charge is 2.27. The van der Waals surface area contributed by atoms with Crippen molar-refractivity contribution in [2.24, 2.45) is 0 Å². The van der Waals surface area contributed by atoms with Crippen molar-refractivity contribution in [2.45, 2.75) is 32.7 Å². The summed E-state index contributed by atoms with van der Waals surface area (Å²) in [6.07, 6.45) is 3.09. The first-order chi connectivity index (χ1) is 12.5. The molecule has 26 heavy (non-hydrogen) atoms. The van der Waals surface area contributed by atoms with Crippen LogP contribution in [0.1, 0.15) is 40.9 Å². The predicted octanol–water partition coefficient (Wildman–Crippen LogP) is 2.50. The van der Waals surface area contributed by atoms with Crippen LogP contribution in [0.15, 0.2) is 36.9 Å². The summed E-state index contributed by atoms with van der Waals surface area (Å²) in [5.74, 6) is 1.27. The lowest BCUT2D eigenvalue weighted by atomic mass is 10.0. The number of amides is 2. The van der Waals surface area contributed by atoms with E-state index < -0.39 is 0 Å². The van der Waals surface area contributed by atoms with Crippen LogP contribution in [0.25, 0.3) is 0 Å². The topological polar surface area (TPSA) is 80.1 Å². The Hall–Kier alpha value is -2.96. The Morgan fingerprint density at radius 3 is 2.85 bits per heavy atom. The van der Waals surface area contributed by atoms with Gasteiger partial charge in [-0.05, 0) is 51.0 Å². The van der Waals surface area contributed by atoms with Gasteiger partial charge >= 0.3 is 0 Å². The number of hydrogen-bond acceptors (Lipinski definition) is 4. The number of aromatic nitrogens is 3. The van der Waals surface area contributed by atoms with Crippen molar-refractivity contribution in [3.63, 3.8) is 0 Å². The van der Waals surface area contributed by atoms with Crippen molar-refractivity contribution >= 4 is 17.5 Å². The smallest absolute Gasteiger partial charge is 0.254 e. The molecule has 2 heterocycles. The molecule has 1 N–H and O–H groups in total. The maximum Gasteiger partial charge on any atom is 0.254 e. The van der Waals surface area contributed by atoms with Crippen LogP contribution in [0.3, 0.4) is 0 Å². The van der Waals surface area contributed by atoms with Crippen molar-refractivity contribution in [1.82, 2.24) is 19.7 Å². The normalized spacial score (nSPS) is 17.0. The molecule has 136 valence electrons. The van der Waals surface area contributed by atoms with E-state index in [0.717, 1.165) is 24.5 Å². The van der Waals surface area contributed by atoms with Gasteiger partial charge in [0.15, 0.2) is 0 Å². The first kappa shape index (κ1) is 17.8. The van der Waals surface area contributed by atoms with Gasteiger partial charge < -0.3 is 10.2 Å². The maximum absolute atomic E-state index is 12.9. The minimum atomic E-state index is -0.301. The standard InChI is InChI=1S/C19H23N5O2/c1-4-18(25)21-16-8-5-7-15(11-16)19(26)23-10-6-9-17(12-23)24-14(3)20-13(2)22-24/h4-5,7-8,11,17H,1,6,9-10,12H2,2-3H3,(H,21,25). The van der Waals surface area contributed by atoms with Gasteiger partial charge in [0.25, 0.3) is 5.91 Å². The van der Waals surface area contributed by atoms with Gasteiger partial charge in [0, 0.05) is 24.3 Å². The zero-order valence-electron chi connectivity index (χ0n) is 15.1. The van der Waals surface area contributed by atoms with Gasteiger partial charge in [-0.1, -0.05) is 12.6 Å². The Morgan fingerprint density at radius 1 is 1.35 bits per heavy atom. The van der Waals surface area contributed by atoms with Crippen LogP contribution < -0.4 is 5.32 Å². The van der Waals surface area contributed by atoms with Crippen LogP contribution in [0.5, 0.6) is 0 Å². The molecule has 0 bridgehead atoms. The van der Waals surface area contributed by atoms with Crippen molar-refractivity contribution in [3.05, 3.63) is 54.1 Å². The molecule has 1 saturated heterocycles. The fourth-order valence-electron chi connectivity index (χ4n) is 3.33. The molecule has 1 atom stereocenters. The molecule has 2 amide bonds. The predicted molar refractivity (Wildman–Crippen MR) is 98.9 cm³/mol. The average molecular weight is 353 g/mol. The number of nitrogens with one attached hydrogen (secondary N) is 1. The molecule has 7 heteroatoms. The van der Waals surface area contributed by atoms with E-state index in [1.807, 2.05) is 23.4 Å². The molecule has 2 aromatic rings. The molecule has 0 radical (unpaired) electrons. The highest BCUT2D eigenvalue weighted by atomic mass is 16.2. The van der Waals surface area contributed by atoms with E-state index in [4.69, 9.17) is 0 Å². The van der Waals surface area contributed by atoms with E-state index in [0.29, 0.717) is 24.3 Å². The van der Waals surface area contributed by atoms with Crippen molar-refractivity contribution in [1.29, 1.82) is 0 Å². The minimum Gasteiger partial charge on any atom is -0.336 e. The third kappa shape index (κ3) is 3.82. The second-order valence-corrected chi connectivity index (χ2v) is 6.47. The number of carbonyl (C=O) groups excluding carboxylic acids is 2. The molecule has 0 aliphatic carbocycles. The summed E-state index contributed by atoms with van der Waals surface area (Å²) in [5.41, 5.74) is 1.14. The summed E-state index contributed by atoms with van der Waals surface area (Å²) in [6.45, 7) is 8.56. The monoisotopic (exact) mass is 353 g/mol. The van der Waals surface area contributed by atoms with E-state index in [2.05, 4.69) is 22.0 Å². The van der Waals surface area contributed by atoms with E-state index in [1.165, 1.54) is 6.08 Å². The lowest BCUT2D eigenvalue weighted by molar-refractivity contribution is -0.111. The average Bonchev–Trinajstić information content (AvgIpc) is 2.99. The van der Waals surface area contributed by atoms with Crippen LogP contribution >= 0.6 is 0 Å². The zero-order chi connectivity index (χ0) is 18.7. The van der Waals surface area contributed by atoms with Gasteiger partial charge in [0.05, 0.1) is 6.04 Å². The molecule has 3 rings (SSSR count). The molecule has 1 fully saturated rings. The summed E-state index contributed by atoms with van der Waals surface area (Å²) < 4.78 is 1.93. The van der Waals surface area contributed by atoms with Crippen molar-refractivity contribution < 1.29 is 9.59 Å². The number of carbonyl (C=O) groups is 2. The van der Waals surface area contributed by atoms with Gasteiger partial charge in [0.1, 0.15) is 11.6 Å². The quantitative estimate of drug-likeness (QED) is 0.857. The number of piperidine rings is 1. The molecular weight excluding hydrogens is 330 g/mol. The van der Waals surface area contributed by atoms with Crippen LogP contribution in [0, 0.1) is 13.8 Å². The molecule has 1 aliphatic heterocycles. The summed E-state index contributed by atoms with van der Waals surface area (Å²) in [7, 11) is 0. The molecule has 1 aliphatic rings. The minimum absolute atomic E-state index is 0.0427. The van der Waals surface area contributed by atoms with Gasteiger partial charge in [-0.2, -0.15) is 5.10 Å². The van der Waals surface area contributed by atoms with Gasteiger partial charge in [-0.15, -0.1) is 0 Å². The Morgan fingerprint density at radius 2 is 2.15 bits per heavy atom. The summed E-state index contributed by atoms with van der Waals surface area (Å²) in [5, 5.41) is 7.15. The Kier molecular flexibility index (Phi) is 5.16. The van der Waals surface area contributed by atoms with E-state index in [9.17, 15) is 9.59 Å². The number of likely N-dealkylation sites (tertiary alicyclic amines) is 1. The van der Waals surface area contributed by atoms with Crippen molar-refractivity contribution in [3.8, 4) is 0 Å². The van der Waals surface area contributed by atoms with Gasteiger partial charge in [0.2, 0.25) is 5.91 Å². The highest BCUT2D eigenvalue weighted by Crippen LogP contribution is 2.24. The Labute approximate surface area is 152 Å². The second kappa shape index (κ2) is 7.51. The van der Waals surface area contributed by atoms with E-state index >= 15 is 0 Å². The molecule has 7 nitrogen and oxygen atoms in total. The fourth-order valence-corrected chi connectivity index (χ4v) is 3.33. The van der Waals surface area contributed by atoms with Crippen LogP contribution in [-0.2, 0) is 4.79 Å². The summed E-state index contributed by atoms with van der Waals surface area (Å²) >= 11 is 0. The number of aryl methyl sites for hydroxylation is 2. The molecule has 1 aromatic carbocycles. The summed E-state index contributed by atoms with van der Waals surface area (Å²) in [4.78, 5) is 30.6. The Balaban J connectivity index is 1.75. The number of nitrogens with zero attached hydrogens (tertiary/aromatic N) is 4. The number of hydrogen-bond donors (Lipinski definition) is 1. The first-order valence-corrected chi connectivity index (χ1v) is 8.70. The highest BCUT2D eigenvalue weighted by molar-refractivity contribution is 6.00. The Bertz CT molecular complexity index is 842. The van der Waals surface area contributed by atoms with Gasteiger partial charge in [-0.3, -0.25) is 9.59 Å². The van der Waals surface area contributed by atoms with E-state index in [1.54, 1.807) is 24.3 Å². The fraction of sp³-hybridized carbons (Fsp3) is 0.368. The van der Waals surface area contributed by atoms with Crippen molar-refractivity contribution in [2.75, 3.05) is 18.4 Å². The number of rotatable bonds is 4. The summed E-state index contributed by atoms with van der Waals surface area (Å²) in [6, 6.07) is 7.10. The molecule has 1 unspecified atom stereocenters. The largest absolute Gasteiger partial charge is 0.336 e.